The van der Waals surface area contributed by atoms with E-state index in [2.05, 4.69) is 48.3 Å². The molecule has 26 heavy (non-hydrogen) atoms. The molecule has 0 aliphatic carbocycles. The van der Waals surface area contributed by atoms with Gasteiger partial charge in [-0.25, -0.2) is 4.98 Å². The first-order valence-corrected chi connectivity index (χ1v) is 10.4. The number of rotatable bonds is 3. The Balaban J connectivity index is 1.61. The van der Waals surface area contributed by atoms with Crippen molar-refractivity contribution in [3.8, 4) is 0 Å². The fourth-order valence-electron chi connectivity index (χ4n) is 3.36. The minimum atomic E-state index is -0.154. The maximum atomic E-state index is 5.99. The zero-order chi connectivity index (χ0) is 17.7. The van der Waals surface area contributed by atoms with Crippen LogP contribution >= 0.6 is 23.1 Å². The summed E-state index contributed by atoms with van der Waals surface area (Å²) in [7, 11) is 0. The largest absolute Gasteiger partial charge is 0.370 e. The van der Waals surface area contributed by atoms with E-state index in [1.54, 1.807) is 29.4 Å². The zero-order valence-electron chi connectivity index (χ0n) is 14.6. The molecule has 1 aromatic carbocycles. The molecule has 132 valence electrons. The second-order valence-electron chi connectivity index (χ2n) is 7.10. The molecule has 5 rings (SSSR count). The lowest BCUT2D eigenvalue weighted by Crippen LogP contribution is -2.31. The first-order chi connectivity index (χ1) is 12.6. The summed E-state index contributed by atoms with van der Waals surface area (Å²) in [6.07, 6.45) is 2.65. The molecule has 0 fully saturated rings. The number of benzene rings is 1. The molecule has 0 atom stereocenters. The Kier molecular flexibility index (Phi) is 3.77. The Morgan fingerprint density at radius 2 is 2.12 bits per heavy atom. The third-order valence-electron chi connectivity index (χ3n) is 4.65. The summed E-state index contributed by atoms with van der Waals surface area (Å²) in [6, 6.07) is 10.4. The standard InChI is InChI=1S/C19H18N4OS2/c1-19(2)8-13-14(9-24-19)26-17-15(13)16-22-20-11-23(16)18(21-17)25-10-12-6-4-3-5-7-12/h3-7,11H,8-10H2,1-2H3. The Hall–Kier alpha value is -1.96. The molecule has 1 aliphatic rings. The number of thiophene rings is 1. The molecule has 4 heterocycles. The van der Waals surface area contributed by atoms with Crippen LogP contribution in [0.25, 0.3) is 15.9 Å². The highest BCUT2D eigenvalue weighted by molar-refractivity contribution is 7.98. The molecule has 3 aromatic heterocycles. The monoisotopic (exact) mass is 382 g/mol. The second kappa shape index (κ2) is 6.04. The highest BCUT2D eigenvalue weighted by Gasteiger charge is 2.31. The Bertz CT molecular complexity index is 1100. The van der Waals surface area contributed by atoms with Crippen molar-refractivity contribution in [3.63, 3.8) is 0 Å². The van der Waals surface area contributed by atoms with E-state index in [-0.39, 0.29) is 5.60 Å². The lowest BCUT2D eigenvalue weighted by Gasteiger charge is -2.30. The highest BCUT2D eigenvalue weighted by Crippen LogP contribution is 2.40. The Morgan fingerprint density at radius 1 is 1.27 bits per heavy atom. The fraction of sp³-hybridized carbons (Fsp3) is 0.316. The van der Waals surface area contributed by atoms with Crippen molar-refractivity contribution < 1.29 is 4.74 Å². The van der Waals surface area contributed by atoms with Crippen LogP contribution in [0, 0.1) is 0 Å². The van der Waals surface area contributed by atoms with Gasteiger partial charge in [-0.2, -0.15) is 0 Å². The third kappa shape index (κ3) is 2.71. The minimum Gasteiger partial charge on any atom is -0.370 e. The second-order valence-corrected chi connectivity index (χ2v) is 9.13. The van der Waals surface area contributed by atoms with E-state index in [4.69, 9.17) is 9.72 Å². The number of hydrogen-bond acceptors (Lipinski definition) is 6. The van der Waals surface area contributed by atoms with Crippen molar-refractivity contribution in [3.05, 3.63) is 52.7 Å². The average molecular weight is 383 g/mol. The smallest absolute Gasteiger partial charge is 0.176 e. The molecule has 0 bridgehead atoms. The van der Waals surface area contributed by atoms with Crippen LogP contribution in [0.5, 0.6) is 0 Å². The van der Waals surface area contributed by atoms with Crippen LogP contribution in [0.2, 0.25) is 0 Å². The molecule has 7 heteroatoms. The topological polar surface area (TPSA) is 52.3 Å². The van der Waals surface area contributed by atoms with E-state index in [1.807, 2.05) is 10.5 Å². The Labute approximate surface area is 159 Å². The first kappa shape index (κ1) is 16.2. The lowest BCUT2D eigenvalue weighted by atomic mass is 9.94. The third-order valence-corrected chi connectivity index (χ3v) is 6.78. The molecular formula is C19H18N4OS2. The van der Waals surface area contributed by atoms with Gasteiger partial charge in [0, 0.05) is 17.1 Å². The highest BCUT2D eigenvalue weighted by atomic mass is 32.2. The van der Waals surface area contributed by atoms with Crippen LogP contribution in [-0.2, 0) is 23.5 Å². The summed E-state index contributed by atoms with van der Waals surface area (Å²) in [6.45, 7) is 4.92. The van der Waals surface area contributed by atoms with Gasteiger partial charge >= 0.3 is 0 Å². The van der Waals surface area contributed by atoms with Gasteiger partial charge in [-0.1, -0.05) is 42.1 Å². The number of aromatic nitrogens is 4. The van der Waals surface area contributed by atoms with Crippen LogP contribution in [-0.4, -0.2) is 25.2 Å². The van der Waals surface area contributed by atoms with Crippen LogP contribution in [0.1, 0.15) is 29.9 Å². The average Bonchev–Trinajstić information content (AvgIpc) is 3.23. The zero-order valence-corrected chi connectivity index (χ0v) is 16.2. The predicted molar refractivity (Wildman–Crippen MR) is 105 cm³/mol. The van der Waals surface area contributed by atoms with Gasteiger partial charge in [-0.15, -0.1) is 21.5 Å². The van der Waals surface area contributed by atoms with Gasteiger partial charge in [0.15, 0.2) is 10.8 Å². The van der Waals surface area contributed by atoms with Gasteiger partial charge in [0.2, 0.25) is 0 Å². The normalized spacial score (nSPS) is 16.2. The van der Waals surface area contributed by atoms with E-state index >= 15 is 0 Å². The van der Waals surface area contributed by atoms with Crippen molar-refractivity contribution in [1.82, 2.24) is 19.6 Å². The molecule has 4 aromatic rings. The minimum absolute atomic E-state index is 0.154. The van der Waals surface area contributed by atoms with Crippen LogP contribution < -0.4 is 0 Å². The lowest BCUT2D eigenvalue weighted by molar-refractivity contribution is -0.0379. The SMILES string of the molecule is CC1(C)Cc2c(sc3nc(SCc4ccccc4)n4cnnc4c23)CO1. The van der Waals surface area contributed by atoms with Crippen molar-refractivity contribution in [1.29, 1.82) is 0 Å². The predicted octanol–water partition coefficient (Wildman–Crippen LogP) is 4.48. The molecule has 0 saturated carbocycles. The first-order valence-electron chi connectivity index (χ1n) is 8.55. The molecule has 0 N–H and O–H groups in total. The quantitative estimate of drug-likeness (QED) is 0.386. The van der Waals surface area contributed by atoms with Crippen LogP contribution in [0.4, 0.5) is 0 Å². The van der Waals surface area contributed by atoms with E-state index in [9.17, 15) is 0 Å². The van der Waals surface area contributed by atoms with Gasteiger partial charge in [0.05, 0.1) is 17.6 Å². The summed E-state index contributed by atoms with van der Waals surface area (Å²) in [5.41, 5.74) is 3.35. The molecule has 0 amide bonds. The van der Waals surface area contributed by atoms with Crippen molar-refractivity contribution in [2.24, 2.45) is 0 Å². The summed E-state index contributed by atoms with van der Waals surface area (Å²) in [5, 5.41) is 10.7. The van der Waals surface area contributed by atoms with Gasteiger partial charge < -0.3 is 4.74 Å². The number of thioether (sulfide) groups is 1. The van der Waals surface area contributed by atoms with Crippen molar-refractivity contribution >= 4 is 39.0 Å². The molecule has 0 radical (unpaired) electrons. The van der Waals surface area contributed by atoms with E-state index < -0.39 is 0 Å². The number of ether oxygens (including phenoxy) is 1. The maximum absolute atomic E-state index is 5.99. The molecule has 0 unspecified atom stereocenters. The summed E-state index contributed by atoms with van der Waals surface area (Å²) >= 11 is 3.44. The Morgan fingerprint density at radius 3 is 2.96 bits per heavy atom. The summed E-state index contributed by atoms with van der Waals surface area (Å²) < 4.78 is 8.00. The fourth-order valence-corrected chi connectivity index (χ4v) is 5.43. The number of fused-ring (bicyclic) bond motifs is 5. The molecule has 0 saturated heterocycles. The summed E-state index contributed by atoms with van der Waals surface area (Å²) in [5.74, 6) is 0.869. The number of hydrogen-bond donors (Lipinski definition) is 0. The van der Waals surface area contributed by atoms with Gasteiger partial charge in [0.1, 0.15) is 11.2 Å². The molecule has 1 aliphatic heterocycles. The van der Waals surface area contributed by atoms with Crippen molar-refractivity contribution in [2.45, 2.75) is 43.4 Å². The van der Waals surface area contributed by atoms with E-state index in [0.29, 0.717) is 6.61 Å². The van der Waals surface area contributed by atoms with Gasteiger partial charge in [0.25, 0.3) is 0 Å². The maximum Gasteiger partial charge on any atom is 0.176 e. The van der Waals surface area contributed by atoms with E-state index in [1.165, 1.54) is 16.0 Å². The van der Waals surface area contributed by atoms with Crippen LogP contribution in [0.15, 0.2) is 41.8 Å². The van der Waals surface area contributed by atoms with E-state index in [0.717, 1.165) is 33.2 Å². The number of nitrogens with zero attached hydrogens (tertiary/aromatic N) is 4. The molecule has 5 nitrogen and oxygen atoms in total. The van der Waals surface area contributed by atoms with Gasteiger partial charge in [-0.05, 0) is 25.0 Å². The van der Waals surface area contributed by atoms with Crippen LogP contribution in [0.3, 0.4) is 0 Å². The molecular weight excluding hydrogens is 364 g/mol. The van der Waals surface area contributed by atoms with Gasteiger partial charge in [-0.3, -0.25) is 4.40 Å². The summed E-state index contributed by atoms with van der Waals surface area (Å²) in [4.78, 5) is 7.25. The molecule has 0 spiro atoms. The van der Waals surface area contributed by atoms with Crippen molar-refractivity contribution in [2.75, 3.05) is 0 Å².